The quantitative estimate of drug-likeness (QED) is 0.648. The van der Waals surface area contributed by atoms with E-state index in [-0.39, 0.29) is 11.7 Å². The average Bonchev–Trinajstić information content (AvgIpc) is 3.17. The number of thiocarbonyl (C=S) groups is 1. The molecule has 24 heavy (non-hydrogen) atoms. The average molecular weight is 357 g/mol. The van der Waals surface area contributed by atoms with Gasteiger partial charge in [-0.05, 0) is 48.4 Å². The smallest absolute Gasteiger partial charge is 0.266 e. The molecule has 3 rings (SSSR count). The van der Waals surface area contributed by atoms with E-state index >= 15 is 0 Å². The molecule has 2 aromatic rings. The van der Waals surface area contributed by atoms with E-state index in [9.17, 15) is 9.90 Å². The normalized spacial score (nSPS) is 16.7. The zero-order valence-corrected chi connectivity index (χ0v) is 14.3. The van der Waals surface area contributed by atoms with E-state index in [1.807, 2.05) is 24.3 Å². The minimum atomic E-state index is -0.0760. The summed E-state index contributed by atoms with van der Waals surface area (Å²) in [5.41, 5.74) is 1.04. The van der Waals surface area contributed by atoms with Gasteiger partial charge in [0.15, 0.2) is 0 Å². The number of carbonyl (C=O) groups excluding carboxylic acids is 1. The van der Waals surface area contributed by atoms with E-state index in [2.05, 4.69) is 0 Å². The van der Waals surface area contributed by atoms with Crippen LogP contribution in [-0.2, 0) is 11.2 Å². The van der Waals surface area contributed by atoms with E-state index in [0.717, 1.165) is 11.3 Å². The van der Waals surface area contributed by atoms with Crippen LogP contribution in [0, 0.1) is 0 Å². The Labute approximate surface area is 149 Å². The van der Waals surface area contributed by atoms with Gasteiger partial charge in [-0.2, -0.15) is 0 Å². The lowest BCUT2D eigenvalue weighted by Crippen LogP contribution is -2.30. The maximum atomic E-state index is 12.4. The molecule has 1 N–H and O–H groups in total. The Balaban J connectivity index is 1.62. The van der Waals surface area contributed by atoms with Crippen LogP contribution >= 0.6 is 24.0 Å². The second-order valence-corrected chi connectivity index (χ2v) is 6.82. The van der Waals surface area contributed by atoms with Crippen molar-refractivity contribution in [2.24, 2.45) is 0 Å². The fourth-order valence-corrected chi connectivity index (χ4v) is 3.49. The standard InChI is InChI=1S/C18H15NO3S2/c20-14-8-6-13(7-9-14)10-11-19-17(21)16(24-18(19)23)5-1-3-15-4-2-12-22-15/h1-9,12,20H,10-11H2/b3-1+,16-5-. The molecule has 2 heterocycles. The lowest BCUT2D eigenvalue weighted by Gasteiger charge is -2.14. The van der Waals surface area contributed by atoms with Crippen molar-refractivity contribution in [1.82, 2.24) is 4.90 Å². The van der Waals surface area contributed by atoms with Gasteiger partial charge in [0.1, 0.15) is 15.8 Å². The third-order valence-corrected chi connectivity index (χ3v) is 4.88. The summed E-state index contributed by atoms with van der Waals surface area (Å²) in [4.78, 5) is 14.7. The number of aromatic hydroxyl groups is 1. The van der Waals surface area contributed by atoms with Crippen LogP contribution < -0.4 is 0 Å². The van der Waals surface area contributed by atoms with Gasteiger partial charge in [-0.25, -0.2) is 0 Å². The van der Waals surface area contributed by atoms with Gasteiger partial charge in [-0.1, -0.05) is 42.2 Å². The van der Waals surface area contributed by atoms with Crippen LogP contribution in [0.25, 0.3) is 6.08 Å². The highest BCUT2D eigenvalue weighted by Crippen LogP contribution is 2.31. The molecule has 0 unspecified atom stereocenters. The fourth-order valence-electron chi connectivity index (χ4n) is 2.23. The molecule has 122 valence electrons. The van der Waals surface area contributed by atoms with Crippen LogP contribution in [0.15, 0.2) is 64.1 Å². The number of furan rings is 1. The van der Waals surface area contributed by atoms with Gasteiger partial charge in [0, 0.05) is 6.54 Å². The van der Waals surface area contributed by atoms with Crippen LogP contribution in [0.5, 0.6) is 5.75 Å². The number of thioether (sulfide) groups is 1. The molecule has 1 aromatic heterocycles. The van der Waals surface area contributed by atoms with Gasteiger partial charge in [0.05, 0.1) is 11.2 Å². The second kappa shape index (κ2) is 7.51. The van der Waals surface area contributed by atoms with Crippen molar-refractivity contribution >= 4 is 40.3 Å². The molecule has 0 aliphatic carbocycles. The Hall–Kier alpha value is -2.31. The molecular formula is C18H15NO3S2. The van der Waals surface area contributed by atoms with E-state index < -0.39 is 0 Å². The summed E-state index contributed by atoms with van der Waals surface area (Å²) < 4.78 is 5.77. The van der Waals surface area contributed by atoms with Gasteiger partial charge in [0.25, 0.3) is 5.91 Å². The summed E-state index contributed by atoms with van der Waals surface area (Å²) in [7, 11) is 0. The lowest BCUT2D eigenvalue weighted by molar-refractivity contribution is -0.122. The molecule has 1 aromatic carbocycles. The zero-order chi connectivity index (χ0) is 16.9. The molecule has 1 fully saturated rings. The summed E-state index contributed by atoms with van der Waals surface area (Å²) in [6.07, 6.45) is 7.61. The number of phenolic OH excluding ortho intramolecular Hbond substituents is 1. The molecule has 0 spiro atoms. The van der Waals surface area contributed by atoms with Crippen LogP contribution in [0.3, 0.4) is 0 Å². The van der Waals surface area contributed by atoms with E-state index in [1.54, 1.807) is 41.5 Å². The number of allylic oxidation sites excluding steroid dienone is 2. The monoisotopic (exact) mass is 357 g/mol. The largest absolute Gasteiger partial charge is 0.508 e. The Morgan fingerprint density at radius 1 is 1.25 bits per heavy atom. The highest BCUT2D eigenvalue weighted by Gasteiger charge is 2.31. The molecule has 0 atom stereocenters. The van der Waals surface area contributed by atoms with Crippen LogP contribution in [0.4, 0.5) is 0 Å². The van der Waals surface area contributed by atoms with E-state index in [0.29, 0.717) is 22.2 Å². The molecule has 1 aliphatic heterocycles. The SMILES string of the molecule is O=C1/C(=C/C=C/c2ccco2)SC(=S)N1CCc1ccc(O)cc1. The fraction of sp³-hybridized carbons (Fsp3) is 0.111. The first-order valence-corrected chi connectivity index (χ1v) is 8.59. The predicted octanol–water partition coefficient (Wildman–Crippen LogP) is 3.99. The van der Waals surface area contributed by atoms with Crippen molar-refractivity contribution < 1.29 is 14.3 Å². The Morgan fingerprint density at radius 3 is 2.75 bits per heavy atom. The number of carbonyl (C=O) groups is 1. The molecule has 1 amide bonds. The van der Waals surface area contributed by atoms with Crippen LogP contribution in [0.2, 0.25) is 0 Å². The van der Waals surface area contributed by atoms with Crippen LogP contribution in [-0.4, -0.2) is 26.8 Å². The highest BCUT2D eigenvalue weighted by atomic mass is 32.2. The Morgan fingerprint density at radius 2 is 2.04 bits per heavy atom. The van der Waals surface area contributed by atoms with Gasteiger partial charge < -0.3 is 9.52 Å². The minimum Gasteiger partial charge on any atom is -0.508 e. The van der Waals surface area contributed by atoms with E-state index in [4.69, 9.17) is 16.6 Å². The molecule has 1 saturated heterocycles. The number of amides is 1. The third kappa shape index (κ3) is 3.96. The number of rotatable bonds is 5. The molecule has 1 aliphatic rings. The zero-order valence-electron chi connectivity index (χ0n) is 12.7. The first-order valence-electron chi connectivity index (χ1n) is 7.37. The molecule has 6 heteroatoms. The van der Waals surface area contributed by atoms with Crippen molar-refractivity contribution in [3.05, 3.63) is 71.0 Å². The van der Waals surface area contributed by atoms with Crippen molar-refractivity contribution in [1.29, 1.82) is 0 Å². The first kappa shape index (κ1) is 16.5. The summed E-state index contributed by atoms with van der Waals surface area (Å²) in [6.45, 7) is 0.523. The van der Waals surface area contributed by atoms with Crippen molar-refractivity contribution in [2.45, 2.75) is 6.42 Å². The Bertz CT molecular complexity index is 792. The highest BCUT2D eigenvalue weighted by molar-refractivity contribution is 8.26. The maximum absolute atomic E-state index is 12.4. The van der Waals surface area contributed by atoms with Gasteiger partial charge in [-0.3, -0.25) is 9.69 Å². The van der Waals surface area contributed by atoms with Crippen molar-refractivity contribution in [3.63, 3.8) is 0 Å². The first-order chi connectivity index (χ1) is 11.6. The maximum Gasteiger partial charge on any atom is 0.266 e. The summed E-state index contributed by atoms with van der Waals surface area (Å²) >= 11 is 6.61. The number of hydrogen-bond acceptors (Lipinski definition) is 5. The Kier molecular flexibility index (Phi) is 5.17. The number of nitrogens with zero attached hydrogens (tertiary/aromatic N) is 1. The lowest BCUT2D eigenvalue weighted by atomic mass is 10.1. The van der Waals surface area contributed by atoms with Gasteiger partial charge >= 0.3 is 0 Å². The molecule has 0 radical (unpaired) electrons. The van der Waals surface area contributed by atoms with Crippen molar-refractivity contribution in [3.8, 4) is 5.75 Å². The second-order valence-electron chi connectivity index (χ2n) is 5.15. The number of hydrogen-bond donors (Lipinski definition) is 1. The summed E-state index contributed by atoms with van der Waals surface area (Å²) in [6, 6.07) is 10.6. The number of benzene rings is 1. The molecule has 0 saturated carbocycles. The summed E-state index contributed by atoms with van der Waals surface area (Å²) in [5, 5.41) is 9.30. The summed E-state index contributed by atoms with van der Waals surface area (Å²) in [5.74, 6) is 0.887. The van der Waals surface area contributed by atoms with Crippen LogP contribution in [0.1, 0.15) is 11.3 Å². The van der Waals surface area contributed by atoms with Gasteiger partial charge in [0.2, 0.25) is 0 Å². The molecule has 0 bridgehead atoms. The third-order valence-electron chi connectivity index (χ3n) is 3.49. The van der Waals surface area contributed by atoms with E-state index in [1.165, 1.54) is 11.8 Å². The van der Waals surface area contributed by atoms with Gasteiger partial charge in [-0.15, -0.1) is 0 Å². The van der Waals surface area contributed by atoms with Crippen molar-refractivity contribution in [2.75, 3.05) is 6.54 Å². The number of phenols is 1. The molecular weight excluding hydrogens is 342 g/mol. The topological polar surface area (TPSA) is 53.7 Å². The predicted molar refractivity (Wildman–Crippen MR) is 99.5 cm³/mol. The minimum absolute atomic E-state index is 0.0760. The molecule has 4 nitrogen and oxygen atoms in total.